The summed E-state index contributed by atoms with van der Waals surface area (Å²) in [7, 11) is 0. The second-order valence-corrected chi connectivity index (χ2v) is 8.04. The molecule has 0 spiro atoms. The molecule has 0 radical (unpaired) electrons. The third-order valence-corrected chi connectivity index (χ3v) is 6.00. The first-order chi connectivity index (χ1) is 15.3. The van der Waals surface area contributed by atoms with E-state index in [4.69, 9.17) is 0 Å². The Morgan fingerprint density at radius 1 is 0.871 bits per heavy atom. The highest BCUT2D eigenvalue weighted by molar-refractivity contribution is 7.04. The van der Waals surface area contributed by atoms with Crippen molar-refractivity contribution >= 4 is 39.7 Å². The Balaban J connectivity index is 1.24. The molecule has 0 saturated heterocycles. The van der Waals surface area contributed by atoms with Gasteiger partial charge in [0.1, 0.15) is 0 Å². The highest BCUT2D eigenvalue weighted by Crippen LogP contribution is 2.13. The lowest BCUT2D eigenvalue weighted by Gasteiger charge is -2.01. The van der Waals surface area contributed by atoms with Gasteiger partial charge in [0.15, 0.2) is 11.3 Å². The molecular formula is C24H19N5OS. The molecule has 0 aliphatic carbocycles. The Labute approximate surface area is 182 Å². The predicted molar refractivity (Wildman–Crippen MR) is 124 cm³/mol. The molecule has 0 aliphatic rings. The average molecular weight is 426 g/mol. The van der Waals surface area contributed by atoms with Gasteiger partial charge in [-0.1, -0.05) is 17.6 Å². The normalized spacial score (nSPS) is 11.6. The molecule has 31 heavy (non-hydrogen) atoms. The summed E-state index contributed by atoms with van der Waals surface area (Å²) in [6.07, 6.45) is 8.73. The third-order valence-electron chi connectivity index (χ3n) is 5.04. The highest BCUT2D eigenvalue weighted by Gasteiger charge is 2.07. The maximum Gasteiger partial charge on any atom is 0.264 e. The zero-order valence-corrected chi connectivity index (χ0v) is 17.5. The summed E-state index contributed by atoms with van der Waals surface area (Å²) in [5.41, 5.74) is 4.10. The van der Waals surface area contributed by atoms with E-state index in [1.165, 1.54) is 11.5 Å². The van der Waals surface area contributed by atoms with Crippen LogP contribution in [-0.4, -0.2) is 23.9 Å². The molecule has 0 N–H and O–H groups in total. The van der Waals surface area contributed by atoms with E-state index in [0.717, 1.165) is 39.0 Å². The summed E-state index contributed by atoms with van der Waals surface area (Å²) in [5, 5.41) is 3.97. The van der Waals surface area contributed by atoms with E-state index in [-0.39, 0.29) is 5.56 Å². The van der Waals surface area contributed by atoms with Crippen LogP contribution < -0.4 is 5.56 Å². The summed E-state index contributed by atoms with van der Waals surface area (Å²) in [6, 6.07) is 15.8. The van der Waals surface area contributed by atoms with Crippen LogP contribution in [0.15, 0.2) is 77.2 Å². The van der Waals surface area contributed by atoms with Crippen molar-refractivity contribution < 1.29 is 0 Å². The van der Waals surface area contributed by atoms with Crippen molar-refractivity contribution in [2.24, 2.45) is 0 Å². The van der Waals surface area contributed by atoms with E-state index < -0.39 is 0 Å². The number of allylic oxidation sites excluding steroid dienone is 1. The Kier molecular flexibility index (Phi) is 5.33. The lowest BCUT2D eigenvalue weighted by atomic mass is 10.1. The van der Waals surface area contributed by atoms with Crippen LogP contribution in [0, 0.1) is 0 Å². The van der Waals surface area contributed by atoms with Crippen LogP contribution in [0.1, 0.15) is 17.0 Å². The molecule has 152 valence electrons. The van der Waals surface area contributed by atoms with E-state index in [1.54, 1.807) is 16.4 Å². The Bertz CT molecular complexity index is 1450. The van der Waals surface area contributed by atoms with Gasteiger partial charge in [0.05, 0.1) is 12.2 Å². The molecule has 0 fully saturated rings. The van der Waals surface area contributed by atoms with Gasteiger partial charge in [-0.2, -0.15) is 0 Å². The number of fused-ring (bicyclic) bond motifs is 2. The molecule has 0 aliphatic heterocycles. The van der Waals surface area contributed by atoms with Crippen LogP contribution in [0.2, 0.25) is 0 Å². The summed E-state index contributed by atoms with van der Waals surface area (Å²) in [6.45, 7) is 0.517. The fourth-order valence-corrected chi connectivity index (χ4v) is 4.26. The maximum absolute atomic E-state index is 12.7. The van der Waals surface area contributed by atoms with E-state index in [1.807, 2.05) is 66.1 Å². The molecule has 0 aromatic carbocycles. The molecule has 6 nitrogen and oxygen atoms in total. The first-order valence-corrected chi connectivity index (χ1v) is 10.9. The molecule has 7 heteroatoms. The van der Waals surface area contributed by atoms with Crippen molar-refractivity contribution in [2.75, 3.05) is 0 Å². The van der Waals surface area contributed by atoms with Crippen molar-refractivity contribution in [1.29, 1.82) is 0 Å². The molecule has 0 amide bonds. The predicted octanol–water partition coefficient (Wildman–Crippen LogP) is 4.29. The maximum atomic E-state index is 12.7. The number of rotatable bonds is 6. The van der Waals surface area contributed by atoms with Crippen LogP contribution in [0.5, 0.6) is 0 Å². The number of nitrogens with zero attached hydrogens (tertiary/aromatic N) is 5. The van der Waals surface area contributed by atoms with Crippen molar-refractivity contribution in [3.8, 4) is 0 Å². The second-order valence-electron chi connectivity index (χ2n) is 7.16. The Hall–Kier alpha value is -3.71. The summed E-state index contributed by atoms with van der Waals surface area (Å²) < 4.78 is 1.75. The molecule has 5 rings (SSSR count). The van der Waals surface area contributed by atoms with E-state index in [2.05, 4.69) is 19.9 Å². The smallest absolute Gasteiger partial charge is 0.264 e. The van der Waals surface area contributed by atoms with Crippen LogP contribution in [0.3, 0.4) is 0 Å². The summed E-state index contributed by atoms with van der Waals surface area (Å²) in [5.74, 6) is 0. The molecule has 0 bridgehead atoms. The lowest BCUT2D eigenvalue weighted by Crippen LogP contribution is -2.16. The standard InChI is InChI=1S/C24H19N5OS/c30-24-19(9-12-21-11-8-18-5-2-14-26-23(18)28-21)16-31-29(24)15-3-6-20-10-7-17-4-1-13-25-22(17)27-20/h1-8,10-11,13-14,16H,9,12,15H2/b6-3+. The van der Waals surface area contributed by atoms with Gasteiger partial charge >= 0.3 is 0 Å². The number of aromatic nitrogens is 5. The molecule has 5 aromatic heterocycles. The van der Waals surface area contributed by atoms with Crippen LogP contribution >= 0.6 is 11.5 Å². The molecular weight excluding hydrogens is 406 g/mol. The summed E-state index contributed by atoms with van der Waals surface area (Å²) >= 11 is 1.44. The minimum atomic E-state index is 0.0571. The molecule has 0 atom stereocenters. The Morgan fingerprint density at radius 3 is 2.42 bits per heavy atom. The molecule has 0 saturated carbocycles. The number of hydrogen-bond donors (Lipinski definition) is 0. The first-order valence-electron chi connectivity index (χ1n) is 10.0. The van der Waals surface area contributed by atoms with E-state index in [9.17, 15) is 4.79 Å². The van der Waals surface area contributed by atoms with Gasteiger partial charge < -0.3 is 0 Å². The van der Waals surface area contributed by atoms with Gasteiger partial charge in [-0.25, -0.2) is 19.9 Å². The van der Waals surface area contributed by atoms with Crippen LogP contribution in [0.4, 0.5) is 0 Å². The summed E-state index contributed by atoms with van der Waals surface area (Å²) in [4.78, 5) is 30.4. The van der Waals surface area contributed by atoms with Crippen LogP contribution in [-0.2, 0) is 19.4 Å². The van der Waals surface area contributed by atoms with Crippen molar-refractivity contribution in [3.05, 3.63) is 99.7 Å². The number of hydrogen-bond acceptors (Lipinski definition) is 6. The van der Waals surface area contributed by atoms with Gasteiger partial charge in [-0.3, -0.25) is 8.75 Å². The highest BCUT2D eigenvalue weighted by atomic mass is 32.1. The van der Waals surface area contributed by atoms with Gasteiger partial charge in [-0.05, 0) is 67.4 Å². The van der Waals surface area contributed by atoms with Crippen molar-refractivity contribution in [1.82, 2.24) is 23.9 Å². The quantitative estimate of drug-likeness (QED) is 0.406. The second kappa shape index (κ2) is 8.57. The SMILES string of the molecule is O=c1c(CCc2ccc3cccnc3n2)csn1C/C=C/c1ccc2cccnc2n1. The van der Waals surface area contributed by atoms with E-state index in [0.29, 0.717) is 19.4 Å². The fraction of sp³-hybridized carbons (Fsp3) is 0.125. The first kappa shape index (κ1) is 19.3. The third kappa shape index (κ3) is 4.27. The van der Waals surface area contributed by atoms with Gasteiger partial charge in [0, 0.05) is 39.8 Å². The Morgan fingerprint density at radius 2 is 1.61 bits per heavy atom. The lowest BCUT2D eigenvalue weighted by molar-refractivity contribution is 0.842. The monoisotopic (exact) mass is 425 g/mol. The molecule has 5 aromatic rings. The molecule has 0 unspecified atom stereocenters. The zero-order chi connectivity index (χ0) is 21.0. The average Bonchev–Trinajstić information content (AvgIpc) is 3.16. The molecule has 5 heterocycles. The minimum Gasteiger partial charge on any atom is -0.268 e. The minimum absolute atomic E-state index is 0.0571. The van der Waals surface area contributed by atoms with E-state index >= 15 is 0 Å². The number of aryl methyl sites for hydroxylation is 2. The fourth-order valence-electron chi connectivity index (χ4n) is 3.40. The van der Waals surface area contributed by atoms with Crippen LogP contribution in [0.25, 0.3) is 28.1 Å². The van der Waals surface area contributed by atoms with Crippen molar-refractivity contribution in [3.63, 3.8) is 0 Å². The topological polar surface area (TPSA) is 73.6 Å². The number of pyridine rings is 4. The van der Waals surface area contributed by atoms with Gasteiger partial charge in [0.25, 0.3) is 5.56 Å². The van der Waals surface area contributed by atoms with Crippen molar-refractivity contribution in [2.45, 2.75) is 19.4 Å². The van der Waals surface area contributed by atoms with Gasteiger partial charge in [-0.15, -0.1) is 0 Å². The largest absolute Gasteiger partial charge is 0.268 e. The zero-order valence-electron chi connectivity index (χ0n) is 16.7. The van der Waals surface area contributed by atoms with Gasteiger partial charge in [0.2, 0.25) is 0 Å².